The molecule has 3 amide bonds. The summed E-state index contributed by atoms with van der Waals surface area (Å²) in [5.74, 6) is 0.00405. The van der Waals surface area contributed by atoms with Gasteiger partial charge in [-0.05, 0) is 30.5 Å². The van der Waals surface area contributed by atoms with Gasteiger partial charge in [-0.25, -0.2) is 9.78 Å². The lowest BCUT2D eigenvalue weighted by atomic mass is 9.94. The largest absolute Gasteiger partial charge is 0.354 e. The van der Waals surface area contributed by atoms with Crippen LogP contribution in [0.2, 0.25) is 0 Å². The highest BCUT2D eigenvalue weighted by Gasteiger charge is 2.30. The van der Waals surface area contributed by atoms with E-state index in [4.69, 9.17) is 0 Å². The SMILES string of the molecule is C[C@@H]1CCNC(=O)[C@@H]1NC(=O)Nc1ccc2scnc2c1. The van der Waals surface area contributed by atoms with Gasteiger partial charge < -0.3 is 16.0 Å². The quantitative estimate of drug-likeness (QED) is 0.793. The van der Waals surface area contributed by atoms with E-state index in [0.29, 0.717) is 12.2 Å². The lowest BCUT2D eigenvalue weighted by Gasteiger charge is -2.28. The van der Waals surface area contributed by atoms with Crippen LogP contribution in [0.15, 0.2) is 23.7 Å². The first-order chi connectivity index (χ1) is 10.1. The molecule has 1 fully saturated rings. The molecule has 2 heterocycles. The number of carbonyl (C=O) groups excluding carboxylic acids is 2. The predicted molar refractivity (Wildman–Crippen MR) is 82.4 cm³/mol. The number of piperidine rings is 1. The van der Waals surface area contributed by atoms with Crippen molar-refractivity contribution in [2.75, 3.05) is 11.9 Å². The van der Waals surface area contributed by atoms with Crippen LogP contribution >= 0.6 is 11.3 Å². The number of urea groups is 1. The Morgan fingerprint density at radius 1 is 1.48 bits per heavy atom. The van der Waals surface area contributed by atoms with Gasteiger partial charge in [-0.3, -0.25) is 4.79 Å². The highest BCUT2D eigenvalue weighted by Crippen LogP contribution is 2.21. The summed E-state index contributed by atoms with van der Waals surface area (Å²) >= 11 is 1.55. The van der Waals surface area contributed by atoms with Crippen LogP contribution < -0.4 is 16.0 Å². The molecule has 0 unspecified atom stereocenters. The fourth-order valence-corrected chi connectivity index (χ4v) is 3.07. The monoisotopic (exact) mass is 304 g/mol. The van der Waals surface area contributed by atoms with Crippen molar-refractivity contribution >= 4 is 39.2 Å². The van der Waals surface area contributed by atoms with Crippen molar-refractivity contribution < 1.29 is 9.59 Å². The Morgan fingerprint density at radius 2 is 2.33 bits per heavy atom. The molecule has 2 atom stereocenters. The van der Waals surface area contributed by atoms with Crippen LogP contribution in [0, 0.1) is 5.92 Å². The molecule has 6 nitrogen and oxygen atoms in total. The van der Waals surface area contributed by atoms with E-state index >= 15 is 0 Å². The zero-order valence-corrected chi connectivity index (χ0v) is 12.4. The number of aromatic nitrogens is 1. The van der Waals surface area contributed by atoms with Crippen molar-refractivity contribution in [1.82, 2.24) is 15.6 Å². The molecular formula is C14H16N4O2S. The third kappa shape index (κ3) is 2.97. The highest BCUT2D eigenvalue weighted by molar-refractivity contribution is 7.16. The van der Waals surface area contributed by atoms with Gasteiger partial charge in [-0.15, -0.1) is 11.3 Å². The number of nitrogens with zero attached hydrogens (tertiary/aromatic N) is 1. The molecule has 3 N–H and O–H groups in total. The molecule has 21 heavy (non-hydrogen) atoms. The summed E-state index contributed by atoms with van der Waals surface area (Å²) in [5.41, 5.74) is 3.28. The van der Waals surface area contributed by atoms with Crippen LogP contribution in [-0.2, 0) is 4.79 Å². The third-order valence-electron chi connectivity index (χ3n) is 3.63. The van der Waals surface area contributed by atoms with E-state index < -0.39 is 6.04 Å². The number of anilines is 1. The molecule has 1 aromatic heterocycles. The van der Waals surface area contributed by atoms with Crippen LogP contribution in [0.5, 0.6) is 0 Å². The second-order valence-electron chi connectivity index (χ2n) is 5.17. The fraction of sp³-hybridized carbons (Fsp3) is 0.357. The maximum absolute atomic E-state index is 12.0. The summed E-state index contributed by atoms with van der Waals surface area (Å²) in [6, 6.07) is 4.69. The smallest absolute Gasteiger partial charge is 0.319 e. The summed E-state index contributed by atoms with van der Waals surface area (Å²) in [4.78, 5) is 28.0. The predicted octanol–water partition coefficient (Wildman–Crippen LogP) is 1.94. The summed E-state index contributed by atoms with van der Waals surface area (Å²) < 4.78 is 1.07. The van der Waals surface area contributed by atoms with Gasteiger partial charge in [-0.2, -0.15) is 0 Å². The number of carbonyl (C=O) groups is 2. The Labute approximate surface area is 125 Å². The topological polar surface area (TPSA) is 83.1 Å². The van der Waals surface area contributed by atoms with Crippen molar-refractivity contribution in [3.63, 3.8) is 0 Å². The normalized spacial score (nSPS) is 21.9. The molecule has 1 aromatic carbocycles. The molecule has 0 radical (unpaired) electrons. The first-order valence-electron chi connectivity index (χ1n) is 6.82. The van der Waals surface area contributed by atoms with E-state index in [2.05, 4.69) is 20.9 Å². The zero-order chi connectivity index (χ0) is 14.8. The fourth-order valence-electron chi connectivity index (χ4n) is 2.41. The first-order valence-corrected chi connectivity index (χ1v) is 7.70. The molecule has 3 rings (SSSR count). The van der Waals surface area contributed by atoms with E-state index in [1.807, 2.05) is 25.1 Å². The lowest BCUT2D eigenvalue weighted by Crippen LogP contribution is -2.55. The zero-order valence-electron chi connectivity index (χ0n) is 11.6. The number of thiazole rings is 1. The number of rotatable bonds is 2. The minimum atomic E-state index is -0.484. The third-order valence-corrected chi connectivity index (χ3v) is 4.44. The molecule has 0 saturated carbocycles. The molecule has 1 aliphatic rings. The Balaban J connectivity index is 1.66. The van der Waals surface area contributed by atoms with E-state index in [1.54, 1.807) is 16.8 Å². The molecular weight excluding hydrogens is 288 g/mol. The van der Waals surface area contributed by atoms with Crippen LogP contribution in [0.3, 0.4) is 0 Å². The maximum atomic E-state index is 12.0. The molecule has 2 aromatic rings. The second kappa shape index (κ2) is 5.69. The summed E-state index contributed by atoms with van der Waals surface area (Å²) in [7, 11) is 0. The molecule has 1 saturated heterocycles. The van der Waals surface area contributed by atoms with Crippen molar-refractivity contribution in [3.8, 4) is 0 Å². The van der Waals surface area contributed by atoms with Gasteiger partial charge in [0.1, 0.15) is 6.04 Å². The van der Waals surface area contributed by atoms with Gasteiger partial charge in [0.05, 0.1) is 15.7 Å². The molecule has 1 aliphatic heterocycles. The molecule has 7 heteroatoms. The Kier molecular flexibility index (Phi) is 3.74. The number of nitrogens with one attached hydrogen (secondary N) is 3. The van der Waals surface area contributed by atoms with Crippen molar-refractivity contribution in [2.24, 2.45) is 5.92 Å². The van der Waals surface area contributed by atoms with Gasteiger partial charge in [0.2, 0.25) is 5.91 Å². The number of hydrogen-bond acceptors (Lipinski definition) is 4. The van der Waals surface area contributed by atoms with Gasteiger partial charge in [-0.1, -0.05) is 6.92 Å². The molecule has 0 bridgehead atoms. The standard InChI is InChI=1S/C14H16N4O2S/c1-8-4-5-15-13(19)12(8)18-14(20)17-9-2-3-11-10(6-9)16-7-21-11/h2-3,6-8,12H,4-5H2,1H3,(H,15,19)(H2,17,18,20)/t8-,12-/m1/s1. The van der Waals surface area contributed by atoms with Crippen LogP contribution in [-0.4, -0.2) is 29.5 Å². The van der Waals surface area contributed by atoms with Crippen LogP contribution in [0.1, 0.15) is 13.3 Å². The number of hydrogen-bond donors (Lipinski definition) is 3. The first kappa shape index (κ1) is 13.8. The minimum absolute atomic E-state index is 0.126. The average molecular weight is 304 g/mol. The van der Waals surface area contributed by atoms with Crippen molar-refractivity contribution in [1.29, 1.82) is 0 Å². The summed E-state index contributed by atoms with van der Waals surface area (Å²) in [6.07, 6.45) is 0.863. The number of amides is 3. The summed E-state index contributed by atoms with van der Waals surface area (Å²) in [6.45, 7) is 2.63. The van der Waals surface area contributed by atoms with Gasteiger partial charge in [0.15, 0.2) is 0 Å². The van der Waals surface area contributed by atoms with Gasteiger partial charge in [0.25, 0.3) is 0 Å². The second-order valence-corrected chi connectivity index (χ2v) is 6.05. The van der Waals surface area contributed by atoms with Gasteiger partial charge in [0, 0.05) is 12.2 Å². The van der Waals surface area contributed by atoms with Crippen molar-refractivity contribution in [3.05, 3.63) is 23.7 Å². The number of fused-ring (bicyclic) bond motifs is 1. The Morgan fingerprint density at radius 3 is 3.14 bits per heavy atom. The molecule has 0 spiro atoms. The van der Waals surface area contributed by atoms with E-state index in [1.165, 1.54) is 0 Å². The minimum Gasteiger partial charge on any atom is -0.354 e. The highest BCUT2D eigenvalue weighted by atomic mass is 32.1. The van der Waals surface area contributed by atoms with Crippen LogP contribution in [0.4, 0.5) is 10.5 Å². The van der Waals surface area contributed by atoms with Gasteiger partial charge >= 0.3 is 6.03 Å². The maximum Gasteiger partial charge on any atom is 0.319 e. The lowest BCUT2D eigenvalue weighted by molar-refractivity contribution is -0.125. The van der Waals surface area contributed by atoms with Crippen LogP contribution in [0.25, 0.3) is 10.2 Å². The number of benzene rings is 1. The molecule has 110 valence electrons. The van der Waals surface area contributed by atoms with E-state index in [9.17, 15) is 9.59 Å². The van der Waals surface area contributed by atoms with E-state index in [0.717, 1.165) is 16.6 Å². The Hall–Kier alpha value is -2.15. The molecule has 0 aliphatic carbocycles. The van der Waals surface area contributed by atoms with Crippen molar-refractivity contribution in [2.45, 2.75) is 19.4 Å². The average Bonchev–Trinajstić information content (AvgIpc) is 2.90. The van der Waals surface area contributed by atoms with E-state index in [-0.39, 0.29) is 17.9 Å². The summed E-state index contributed by atoms with van der Waals surface area (Å²) in [5, 5.41) is 8.24. The Bertz CT molecular complexity index is 684.